The first-order valence-electron chi connectivity index (χ1n) is 5.13. The number of halogens is 1. The van der Waals surface area contributed by atoms with Crippen LogP contribution >= 0.6 is 0 Å². The molecule has 19 heavy (non-hydrogen) atoms. The van der Waals surface area contributed by atoms with Crippen molar-refractivity contribution in [2.75, 3.05) is 0 Å². The minimum absolute atomic E-state index is 0.0817. The van der Waals surface area contributed by atoms with Gasteiger partial charge in [-0.05, 0) is 17.7 Å². The van der Waals surface area contributed by atoms with Crippen LogP contribution in [0.4, 0.5) is 4.39 Å². The van der Waals surface area contributed by atoms with Crippen molar-refractivity contribution in [3.05, 3.63) is 35.6 Å². The van der Waals surface area contributed by atoms with Crippen molar-refractivity contribution in [2.24, 2.45) is 10.2 Å². The quantitative estimate of drug-likeness (QED) is 0.410. The van der Waals surface area contributed by atoms with E-state index in [1.165, 1.54) is 12.1 Å². The highest BCUT2D eigenvalue weighted by atomic mass is 19.1. The van der Waals surface area contributed by atoms with Crippen LogP contribution in [0.1, 0.15) is 5.56 Å². The average Bonchev–Trinajstić information content (AvgIpc) is 2.46. The van der Waals surface area contributed by atoms with E-state index in [4.69, 9.17) is 0 Å². The summed E-state index contributed by atoms with van der Waals surface area (Å²) in [5, 5.41) is 6.74. The molecule has 0 aromatic heterocycles. The molecule has 0 atom stereocenters. The Bertz CT molecular complexity index is 497. The molecule has 0 fully saturated rings. The molecule has 0 N–H and O–H groups in total. The van der Waals surface area contributed by atoms with Gasteiger partial charge in [-0.3, -0.25) is 9.59 Å². The highest BCUT2D eigenvalue weighted by Gasteiger charge is 2.32. The van der Waals surface area contributed by atoms with Gasteiger partial charge in [0.25, 0.3) is 0 Å². The summed E-state index contributed by atoms with van der Waals surface area (Å²) >= 11 is 0. The second-order valence-electron chi connectivity index (χ2n) is 3.55. The number of benzene rings is 1. The summed E-state index contributed by atoms with van der Waals surface area (Å²) in [4.78, 5) is 43.0. The van der Waals surface area contributed by atoms with Crippen LogP contribution in [-0.2, 0) is 24.7 Å². The Morgan fingerprint density at radius 3 is 1.95 bits per heavy atom. The van der Waals surface area contributed by atoms with Gasteiger partial charge in [-0.25, -0.2) is 4.39 Å². The molecule has 0 spiro atoms. The van der Waals surface area contributed by atoms with E-state index in [1.807, 2.05) is 0 Å². The number of nitrogens with zero attached hydrogens (tertiary/aromatic N) is 2. The Labute approximate surface area is 107 Å². The van der Waals surface area contributed by atoms with E-state index >= 15 is 0 Å². The summed E-state index contributed by atoms with van der Waals surface area (Å²) in [6.45, 7) is 0. The topological polar surface area (TPSA) is 93.0 Å². The summed E-state index contributed by atoms with van der Waals surface area (Å²) in [6, 6.07) is 3.08. The van der Waals surface area contributed by atoms with Crippen molar-refractivity contribution in [2.45, 2.75) is 11.6 Å². The van der Waals surface area contributed by atoms with Crippen molar-refractivity contribution in [1.29, 1.82) is 0 Å². The lowest BCUT2D eigenvalue weighted by molar-refractivity contribution is -0.122. The second-order valence-corrected chi connectivity index (χ2v) is 3.55. The van der Waals surface area contributed by atoms with Gasteiger partial charge in [0, 0.05) is 0 Å². The number of rotatable bonds is 7. The van der Waals surface area contributed by atoms with Gasteiger partial charge in [0.15, 0.2) is 31.2 Å². The maximum absolute atomic E-state index is 12.8. The molecule has 1 rings (SSSR count). The molecule has 0 saturated heterocycles. The summed E-state index contributed by atoms with van der Waals surface area (Å²) < 4.78 is 12.8. The van der Waals surface area contributed by atoms with Gasteiger partial charge in [-0.15, -0.1) is 0 Å². The molecule has 0 aliphatic carbocycles. The van der Waals surface area contributed by atoms with E-state index in [2.05, 4.69) is 10.2 Å². The minimum Gasteiger partial charge on any atom is -0.300 e. The predicted molar refractivity (Wildman–Crippen MR) is 61.0 cm³/mol. The molecule has 0 unspecified atom stereocenters. The molecule has 0 aliphatic heterocycles. The van der Waals surface area contributed by atoms with Crippen LogP contribution in [0.25, 0.3) is 0 Å². The SMILES string of the molecule is O=CC(C=O)N=NC(C=O)(C=O)c1ccc(F)cc1. The molecular weight excluding hydrogens is 255 g/mol. The zero-order chi connectivity index (χ0) is 14.3. The van der Waals surface area contributed by atoms with E-state index in [9.17, 15) is 23.6 Å². The van der Waals surface area contributed by atoms with Crippen molar-refractivity contribution in [3.8, 4) is 0 Å². The van der Waals surface area contributed by atoms with Crippen LogP contribution in [-0.4, -0.2) is 31.2 Å². The summed E-state index contributed by atoms with van der Waals surface area (Å²) in [6.07, 6.45) is 0.815. The number of aldehydes is 4. The Morgan fingerprint density at radius 2 is 1.53 bits per heavy atom. The zero-order valence-corrected chi connectivity index (χ0v) is 9.60. The van der Waals surface area contributed by atoms with Gasteiger partial charge in [-0.1, -0.05) is 12.1 Å². The normalized spacial score (nSPS) is 11.5. The van der Waals surface area contributed by atoms with Crippen LogP contribution in [0.5, 0.6) is 0 Å². The third-order valence-electron chi connectivity index (χ3n) is 2.30. The van der Waals surface area contributed by atoms with E-state index in [0.717, 1.165) is 12.1 Å². The summed E-state index contributed by atoms with van der Waals surface area (Å²) in [7, 11) is 0. The molecule has 0 saturated carbocycles. The van der Waals surface area contributed by atoms with Crippen LogP contribution < -0.4 is 0 Å². The number of hydrogen-bond acceptors (Lipinski definition) is 6. The molecular formula is C12H9FN2O4. The van der Waals surface area contributed by atoms with Crippen LogP contribution in [0, 0.1) is 5.82 Å². The Balaban J connectivity index is 3.20. The highest BCUT2D eigenvalue weighted by molar-refractivity contribution is 5.91. The smallest absolute Gasteiger partial charge is 0.216 e. The molecule has 1 aromatic carbocycles. The molecule has 6 nitrogen and oxygen atoms in total. The Kier molecular flexibility index (Phi) is 4.87. The molecule has 0 radical (unpaired) electrons. The molecule has 0 bridgehead atoms. The third-order valence-corrected chi connectivity index (χ3v) is 2.30. The highest BCUT2D eigenvalue weighted by Crippen LogP contribution is 2.22. The fourth-order valence-electron chi connectivity index (χ4n) is 1.23. The number of carbonyl (C=O) groups excluding carboxylic acids is 4. The third kappa shape index (κ3) is 3.21. The van der Waals surface area contributed by atoms with Gasteiger partial charge in [0.05, 0.1) is 0 Å². The fourth-order valence-corrected chi connectivity index (χ4v) is 1.23. The van der Waals surface area contributed by atoms with E-state index in [-0.39, 0.29) is 30.7 Å². The molecule has 7 heteroatoms. The zero-order valence-electron chi connectivity index (χ0n) is 9.60. The molecule has 1 aromatic rings. The lowest BCUT2D eigenvalue weighted by atomic mass is 9.94. The van der Waals surface area contributed by atoms with Crippen LogP contribution in [0.15, 0.2) is 34.5 Å². The standard InChI is InChI=1S/C12H9FN2O4/c13-10-3-1-9(2-4-10)12(7-18,8-19)15-14-11(5-16)6-17/h1-8,11H. The first kappa shape index (κ1) is 14.5. The van der Waals surface area contributed by atoms with Gasteiger partial charge < -0.3 is 9.59 Å². The average molecular weight is 264 g/mol. The Morgan fingerprint density at radius 1 is 1.00 bits per heavy atom. The van der Waals surface area contributed by atoms with Crippen molar-refractivity contribution in [1.82, 2.24) is 0 Å². The lowest BCUT2D eigenvalue weighted by Gasteiger charge is -2.15. The van der Waals surface area contributed by atoms with Gasteiger partial charge in [-0.2, -0.15) is 10.2 Å². The monoisotopic (exact) mass is 264 g/mol. The van der Waals surface area contributed by atoms with Crippen LogP contribution in [0.2, 0.25) is 0 Å². The van der Waals surface area contributed by atoms with E-state index < -0.39 is 17.4 Å². The predicted octanol–water partition coefficient (Wildman–Crippen LogP) is 0.637. The fraction of sp³-hybridized carbons (Fsp3) is 0.167. The number of carbonyl (C=O) groups is 4. The molecule has 98 valence electrons. The largest absolute Gasteiger partial charge is 0.300 e. The van der Waals surface area contributed by atoms with E-state index in [0.29, 0.717) is 0 Å². The maximum Gasteiger partial charge on any atom is 0.216 e. The van der Waals surface area contributed by atoms with Gasteiger partial charge in [0.1, 0.15) is 5.82 Å². The van der Waals surface area contributed by atoms with Crippen molar-refractivity contribution < 1.29 is 23.6 Å². The molecule has 0 amide bonds. The summed E-state index contributed by atoms with van der Waals surface area (Å²) in [5.41, 5.74) is -1.91. The second kappa shape index (κ2) is 6.39. The number of hydrogen-bond donors (Lipinski definition) is 0. The molecule has 0 heterocycles. The minimum atomic E-state index is -1.99. The first-order valence-corrected chi connectivity index (χ1v) is 5.13. The van der Waals surface area contributed by atoms with Gasteiger partial charge >= 0.3 is 0 Å². The maximum atomic E-state index is 12.8. The lowest BCUT2D eigenvalue weighted by Crippen LogP contribution is -2.27. The first-order chi connectivity index (χ1) is 9.11. The van der Waals surface area contributed by atoms with Gasteiger partial charge in [0.2, 0.25) is 5.54 Å². The van der Waals surface area contributed by atoms with Crippen molar-refractivity contribution >= 4 is 25.1 Å². The Hall–Kier alpha value is -2.57. The van der Waals surface area contributed by atoms with E-state index in [1.54, 1.807) is 0 Å². The van der Waals surface area contributed by atoms with Crippen LogP contribution in [0.3, 0.4) is 0 Å². The summed E-state index contributed by atoms with van der Waals surface area (Å²) in [5.74, 6) is -0.551. The number of azo groups is 1. The van der Waals surface area contributed by atoms with Crippen molar-refractivity contribution in [3.63, 3.8) is 0 Å². The molecule has 0 aliphatic rings.